The zero-order valence-corrected chi connectivity index (χ0v) is 42.0. The molecule has 62 heavy (non-hydrogen) atoms. The van der Waals surface area contributed by atoms with Gasteiger partial charge < -0.3 is 49.6 Å². The molecule has 0 bridgehead atoms. The van der Waals surface area contributed by atoms with Gasteiger partial charge in [-0.2, -0.15) is 0 Å². The molecule has 1 aliphatic heterocycles. The second-order valence-electron chi connectivity index (χ2n) is 20.8. The van der Waals surface area contributed by atoms with Gasteiger partial charge in [-0.05, 0) is 93.6 Å². The Kier molecular flexibility index (Phi) is 17.8. The van der Waals surface area contributed by atoms with E-state index in [0.717, 1.165) is 4.57 Å². The number of amides is 1. The molecule has 2 aromatic rings. The minimum Gasteiger partial charge on any atom is -0.497 e. The van der Waals surface area contributed by atoms with Crippen molar-refractivity contribution in [2.24, 2.45) is 11.7 Å². The second kappa shape index (κ2) is 20.7. The molecule has 3 rings (SSSR count). The van der Waals surface area contributed by atoms with Crippen LogP contribution < -0.4 is 32.4 Å². The van der Waals surface area contributed by atoms with Crippen LogP contribution in [-0.4, -0.2) is 116 Å². The van der Waals surface area contributed by atoms with Gasteiger partial charge in [-0.1, -0.05) is 67.5 Å². The molecule has 1 aliphatic rings. The van der Waals surface area contributed by atoms with Gasteiger partial charge in [0.25, 0.3) is 5.56 Å². The van der Waals surface area contributed by atoms with E-state index in [9.17, 15) is 29.4 Å². The van der Waals surface area contributed by atoms with Gasteiger partial charge in [0.15, 0.2) is 22.9 Å². The van der Waals surface area contributed by atoms with Crippen molar-refractivity contribution in [2.45, 2.75) is 180 Å². The van der Waals surface area contributed by atoms with Crippen LogP contribution >= 0.6 is 0 Å². The highest BCUT2D eigenvalue weighted by atomic mass is 28.4. The number of carbonyl (C=O) groups excluding carboxylic acids is 2. The summed E-state index contributed by atoms with van der Waals surface area (Å²) in [5.41, 5.74) is 4.56. The Morgan fingerprint density at radius 1 is 0.871 bits per heavy atom. The van der Waals surface area contributed by atoms with E-state index in [1.54, 1.807) is 66.0 Å². The summed E-state index contributed by atoms with van der Waals surface area (Å²) >= 11 is 0. The van der Waals surface area contributed by atoms with Gasteiger partial charge in [0.1, 0.15) is 47.9 Å². The molecule has 1 aromatic carbocycles. The minimum atomic E-state index is -2.73. The lowest BCUT2D eigenvalue weighted by molar-refractivity contribution is -0.166. The predicted molar refractivity (Wildman–Crippen MR) is 245 cm³/mol. The van der Waals surface area contributed by atoms with Gasteiger partial charge in [0.05, 0.1) is 19.8 Å². The molecule has 0 aliphatic carbocycles. The maximum Gasteiger partial charge on any atom is 0.333 e. The van der Waals surface area contributed by atoms with Crippen LogP contribution in [0.5, 0.6) is 5.75 Å². The summed E-state index contributed by atoms with van der Waals surface area (Å²) < 4.78 is 34.8. The number of rotatable bonds is 19. The smallest absolute Gasteiger partial charge is 0.333 e. The van der Waals surface area contributed by atoms with Crippen LogP contribution in [0.15, 0.2) is 46.1 Å². The van der Waals surface area contributed by atoms with E-state index in [1.807, 2.05) is 0 Å². The summed E-state index contributed by atoms with van der Waals surface area (Å²) in [7, 11) is -3.89. The number of nitrogens with zero attached hydrogens (tertiary/aromatic N) is 2. The van der Waals surface area contributed by atoms with Gasteiger partial charge in [-0.15, -0.1) is 0 Å². The third-order valence-corrected chi connectivity index (χ3v) is 21.2. The molecule has 1 fully saturated rings. The first-order valence-corrected chi connectivity index (χ1v) is 27.5. The number of aromatic nitrogens is 2. The summed E-state index contributed by atoms with van der Waals surface area (Å²) in [6, 6.07) is 5.87. The van der Waals surface area contributed by atoms with Crippen molar-refractivity contribution in [3.05, 3.63) is 62.9 Å². The molecule has 6 N–H and O–H groups in total. The monoisotopic (exact) mass is 908 g/mol. The third-order valence-electron chi connectivity index (χ3n) is 12.3. The zero-order valence-electron chi connectivity index (χ0n) is 40.0. The zero-order chi connectivity index (χ0) is 47.3. The van der Waals surface area contributed by atoms with Crippen LogP contribution in [0, 0.1) is 5.92 Å². The van der Waals surface area contributed by atoms with E-state index in [2.05, 4.69) is 78.4 Å². The Labute approximate surface area is 370 Å². The Morgan fingerprint density at radius 2 is 1.42 bits per heavy atom. The predicted octanol–water partition coefficient (Wildman–Crippen LogP) is 4.26. The number of nitrogens with two attached hydrogens (primary N) is 1. The van der Waals surface area contributed by atoms with Crippen LogP contribution in [0.2, 0.25) is 36.3 Å². The number of carbonyl (C=O) groups is 2. The quantitative estimate of drug-likeness (QED) is 0.0759. The number of ether oxygens (including phenoxy) is 3. The fourth-order valence-corrected chi connectivity index (χ4v) is 8.97. The van der Waals surface area contributed by atoms with Crippen molar-refractivity contribution in [3.63, 3.8) is 0 Å². The Hall–Kier alpha value is -3.21. The first kappa shape index (κ1) is 53.1. The average molecular weight is 908 g/mol. The molecule has 1 amide bonds. The molecule has 8 atom stereocenters. The van der Waals surface area contributed by atoms with Crippen LogP contribution in [0.4, 0.5) is 0 Å². The van der Waals surface area contributed by atoms with Crippen LogP contribution in [-0.2, 0) is 34.5 Å². The highest BCUT2D eigenvalue weighted by Crippen LogP contribution is 2.46. The van der Waals surface area contributed by atoms with Gasteiger partial charge in [0, 0.05) is 18.8 Å². The number of hydrogen-bond donors (Lipinski definition) is 5. The number of aliphatic hydroxyl groups is 2. The molecule has 0 spiro atoms. The number of benzene rings is 1. The van der Waals surface area contributed by atoms with E-state index in [1.165, 1.54) is 16.8 Å². The van der Waals surface area contributed by atoms with Crippen molar-refractivity contribution in [3.8, 4) is 5.75 Å². The molecule has 352 valence electrons. The molecular formula is C44H77N5O11Si2. The number of aliphatic hydroxyl groups excluding tert-OH is 2. The summed E-state index contributed by atoms with van der Waals surface area (Å²) in [6.45, 7) is 29.8. The van der Waals surface area contributed by atoms with Crippen molar-refractivity contribution in [1.82, 2.24) is 19.8 Å². The Bertz CT molecular complexity index is 1920. The topological polar surface area (TPSA) is 215 Å². The van der Waals surface area contributed by atoms with E-state index in [0.29, 0.717) is 17.7 Å². The molecule has 2 unspecified atom stereocenters. The van der Waals surface area contributed by atoms with Crippen molar-refractivity contribution in [1.29, 1.82) is 0 Å². The minimum absolute atomic E-state index is 0.0335. The Balaban J connectivity index is 2.17. The highest BCUT2D eigenvalue weighted by molar-refractivity contribution is 6.74. The summed E-state index contributed by atoms with van der Waals surface area (Å²) in [5, 5.41) is 28.1. The number of hydrogen-bond acceptors (Lipinski definition) is 13. The first-order chi connectivity index (χ1) is 28.3. The summed E-state index contributed by atoms with van der Waals surface area (Å²) in [5.74, 6) is -0.847. The summed E-state index contributed by atoms with van der Waals surface area (Å²) in [6.07, 6.45) is -5.36. The SMILES string of the molecule is COc1ccc(Cn2c(=O)ccn([C@@H]3OC([C@@H](O)[C@H](NCCCNC(=O)[C@H](N)C(O)C(C)C)C(=O)OC(C)(C)C)[C@@H](O[Si](C)(C)C(C)(C)C)[C@H]3O[Si](C)(C)C(C)(C)C)c2=O)cc1. The maximum absolute atomic E-state index is 14.5. The molecule has 1 saturated heterocycles. The summed E-state index contributed by atoms with van der Waals surface area (Å²) in [4.78, 5) is 54.6. The van der Waals surface area contributed by atoms with Gasteiger partial charge in [-0.3, -0.25) is 23.5 Å². The number of nitrogens with one attached hydrogen (secondary N) is 2. The lowest BCUT2D eigenvalue weighted by atomic mass is 9.99. The maximum atomic E-state index is 14.5. The van der Waals surface area contributed by atoms with Gasteiger partial charge in [0.2, 0.25) is 5.91 Å². The second-order valence-corrected chi connectivity index (χ2v) is 30.3. The van der Waals surface area contributed by atoms with E-state index in [4.69, 9.17) is 28.8 Å². The lowest BCUT2D eigenvalue weighted by Gasteiger charge is -2.44. The van der Waals surface area contributed by atoms with Crippen molar-refractivity contribution < 1.29 is 42.9 Å². The third kappa shape index (κ3) is 13.4. The fraction of sp³-hybridized carbons (Fsp3) is 0.727. The molecule has 1 aromatic heterocycles. The van der Waals surface area contributed by atoms with Crippen LogP contribution in [0.25, 0.3) is 0 Å². The Morgan fingerprint density at radius 3 is 1.92 bits per heavy atom. The molecule has 16 nitrogen and oxygen atoms in total. The fourth-order valence-electron chi connectivity index (χ4n) is 6.38. The van der Waals surface area contributed by atoms with Crippen molar-refractivity contribution in [2.75, 3.05) is 20.2 Å². The van der Waals surface area contributed by atoms with E-state index in [-0.39, 0.29) is 35.6 Å². The van der Waals surface area contributed by atoms with Gasteiger partial charge in [-0.25, -0.2) is 4.79 Å². The molecule has 2 heterocycles. The van der Waals surface area contributed by atoms with Crippen molar-refractivity contribution >= 4 is 28.5 Å². The lowest BCUT2D eigenvalue weighted by Crippen LogP contribution is -2.59. The molecule has 0 saturated carbocycles. The molecule has 0 radical (unpaired) electrons. The van der Waals surface area contributed by atoms with Crippen LogP contribution in [0.3, 0.4) is 0 Å². The number of methoxy groups -OCH3 is 1. The average Bonchev–Trinajstić information content (AvgIpc) is 3.47. The highest BCUT2D eigenvalue weighted by Gasteiger charge is 2.57. The standard InChI is InChI=1S/C44H77N5O11Si2/c1-27(2)33(51)31(45)38(53)47-24-17-23-46-32(40(54)58-42(3,4)5)34(52)35-36(59-61(13,14)43(6,7)8)37(60-62(15,16)44(9,10)11)39(57-35)48-25-22-30(50)49(41(48)55)26-28-18-20-29(56-12)21-19-28/h18-22,25,27,31-37,39,46,51-52H,17,23-24,26,45H2,1-16H3,(H,47,53)/t31-,32+,33?,34+,35?,36-,37-,39-/m1/s1. The largest absolute Gasteiger partial charge is 0.497 e. The van der Waals surface area contributed by atoms with E-state index >= 15 is 0 Å². The van der Waals surface area contributed by atoms with E-state index < -0.39 is 94.2 Å². The van der Waals surface area contributed by atoms with Crippen LogP contribution in [0.1, 0.15) is 94.4 Å². The number of esters is 1. The normalized spacial score (nSPS) is 21.0. The van der Waals surface area contributed by atoms with Gasteiger partial charge >= 0.3 is 11.7 Å². The molecule has 18 heteroatoms. The molecular weight excluding hydrogens is 831 g/mol. The first-order valence-electron chi connectivity index (χ1n) is 21.6.